The van der Waals surface area contributed by atoms with Crippen LogP contribution in [0.15, 0.2) is 10.5 Å². The Kier molecular flexibility index (Phi) is 6.32. The summed E-state index contributed by atoms with van der Waals surface area (Å²) in [6, 6.07) is 1.34. The number of piperidine rings is 1. The molecular formula is C19H27NO6. The number of carboxylic acids is 1. The molecule has 0 saturated carbocycles. The van der Waals surface area contributed by atoms with E-state index in [1.54, 1.807) is 11.8 Å². The number of aryl methyl sites for hydroxylation is 1. The average molecular weight is 365 g/mol. The topological polar surface area (TPSA) is 89.2 Å². The number of rotatable bonds is 6. The Bertz CT molecular complexity index is 626. The SMILES string of the molecule is CCc1oc(C(=O)N2CCC(OCC3CCCCO3)CC2)cc1C(=O)O. The molecule has 26 heavy (non-hydrogen) atoms. The summed E-state index contributed by atoms with van der Waals surface area (Å²) < 4.78 is 17.1. The molecule has 7 heteroatoms. The molecule has 2 aliphatic heterocycles. The lowest BCUT2D eigenvalue weighted by Crippen LogP contribution is -2.41. The van der Waals surface area contributed by atoms with Gasteiger partial charge >= 0.3 is 5.97 Å². The van der Waals surface area contributed by atoms with Gasteiger partial charge in [0.2, 0.25) is 0 Å². The largest absolute Gasteiger partial charge is 0.478 e. The first-order valence-electron chi connectivity index (χ1n) is 9.47. The Labute approximate surface area is 153 Å². The Morgan fingerprint density at radius 1 is 1.27 bits per heavy atom. The molecule has 144 valence electrons. The molecule has 1 N–H and O–H groups in total. The van der Waals surface area contributed by atoms with Crippen molar-refractivity contribution in [2.75, 3.05) is 26.3 Å². The lowest BCUT2D eigenvalue weighted by molar-refractivity contribution is -0.0734. The van der Waals surface area contributed by atoms with E-state index in [1.165, 1.54) is 12.5 Å². The van der Waals surface area contributed by atoms with Crippen molar-refractivity contribution in [3.63, 3.8) is 0 Å². The van der Waals surface area contributed by atoms with Crippen molar-refractivity contribution in [1.82, 2.24) is 4.90 Å². The number of amides is 1. The lowest BCUT2D eigenvalue weighted by Gasteiger charge is -2.32. The fraction of sp³-hybridized carbons (Fsp3) is 0.684. The van der Waals surface area contributed by atoms with Crippen LogP contribution in [0.4, 0.5) is 0 Å². The monoisotopic (exact) mass is 365 g/mol. The maximum atomic E-state index is 12.6. The van der Waals surface area contributed by atoms with E-state index in [-0.39, 0.29) is 29.4 Å². The van der Waals surface area contributed by atoms with Crippen molar-refractivity contribution in [3.8, 4) is 0 Å². The lowest BCUT2D eigenvalue weighted by atomic mass is 10.1. The van der Waals surface area contributed by atoms with Crippen molar-refractivity contribution in [3.05, 3.63) is 23.2 Å². The van der Waals surface area contributed by atoms with E-state index >= 15 is 0 Å². The Hall–Kier alpha value is -1.86. The maximum absolute atomic E-state index is 12.6. The smallest absolute Gasteiger partial charge is 0.339 e. The van der Waals surface area contributed by atoms with Gasteiger partial charge in [0.05, 0.1) is 18.8 Å². The van der Waals surface area contributed by atoms with Gasteiger partial charge in [-0.15, -0.1) is 0 Å². The maximum Gasteiger partial charge on any atom is 0.339 e. The van der Waals surface area contributed by atoms with E-state index in [2.05, 4.69) is 0 Å². The number of carboxylic acid groups (broad SMARTS) is 1. The molecule has 0 bridgehead atoms. The number of likely N-dealkylation sites (tertiary alicyclic amines) is 1. The summed E-state index contributed by atoms with van der Waals surface area (Å²) >= 11 is 0. The summed E-state index contributed by atoms with van der Waals surface area (Å²) in [6.45, 7) is 4.42. The quantitative estimate of drug-likeness (QED) is 0.834. The van der Waals surface area contributed by atoms with Crippen LogP contribution < -0.4 is 0 Å². The summed E-state index contributed by atoms with van der Waals surface area (Å²) in [4.78, 5) is 25.5. The number of aromatic carboxylic acids is 1. The second-order valence-corrected chi connectivity index (χ2v) is 6.92. The Balaban J connectivity index is 1.49. The molecule has 1 atom stereocenters. The van der Waals surface area contributed by atoms with Gasteiger partial charge in [0.15, 0.2) is 5.76 Å². The molecule has 3 rings (SSSR count). The van der Waals surface area contributed by atoms with Gasteiger partial charge in [-0.2, -0.15) is 0 Å². The second kappa shape index (κ2) is 8.68. The molecule has 0 aromatic carbocycles. The van der Waals surface area contributed by atoms with Crippen LogP contribution in [0.1, 0.15) is 65.7 Å². The third-order valence-corrected chi connectivity index (χ3v) is 5.09. The standard InChI is InChI=1S/C19H27NO6/c1-2-16-15(19(22)23)11-17(26-16)18(21)20-8-6-13(7-9-20)25-12-14-5-3-4-10-24-14/h11,13-14H,2-10,12H2,1H3,(H,22,23). The number of carbonyl (C=O) groups excluding carboxylic acids is 1. The van der Waals surface area contributed by atoms with Crippen molar-refractivity contribution in [2.45, 2.75) is 57.7 Å². The summed E-state index contributed by atoms with van der Waals surface area (Å²) in [6.07, 6.45) is 5.71. The van der Waals surface area contributed by atoms with E-state index in [1.807, 2.05) is 0 Å². The van der Waals surface area contributed by atoms with Gasteiger partial charge in [-0.25, -0.2) is 4.79 Å². The second-order valence-electron chi connectivity index (χ2n) is 6.92. The zero-order chi connectivity index (χ0) is 18.5. The summed E-state index contributed by atoms with van der Waals surface area (Å²) in [5.41, 5.74) is 0.0709. The first kappa shape index (κ1) is 18.9. The van der Waals surface area contributed by atoms with Crippen molar-refractivity contribution in [2.24, 2.45) is 0 Å². The van der Waals surface area contributed by atoms with E-state index < -0.39 is 5.97 Å². The van der Waals surface area contributed by atoms with Gasteiger partial charge in [0.1, 0.15) is 11.3 Å². The van der Waals surface area contributed by atoms with E-state index in [0.717, 1.165) is 32.3 Å². The molecule has 1 aromatic heterocycles. The summed E-state index contributed by atoms with van der Waals surface area (Å²) in [5.74, 6) is -0.872. The van der Waals surface area contributed by atoms with Crippen molar-refractivity contribution < 1.29 is 28.6 Å². The summed E-state index contributed by atoms with van der Waals surface area (Å²) in [5, 5.41) is 9.19. The van der Waals surface area contributed by atoms with Gasteiger partial charge < -0.3 is 23.9 Å². The number of nitrogens with zero attached hydrogens (tertiary/aromatic N) is 1. The first-order valence-corrected chi connectivity index (χ1v) is 9.47. The van der Waals surface area contributed by atoms with Gasteiger partial charge in [-0.3, -0.25) is 4.79 Å². The van der Waals surface area contributed by atoms with Crippen LogP contribution in [0.3, 0.4) is 0 Å². The number of ether oxygens (including phenoxy) is 2. The predicted octanol–water partition coefficient (Wildman–Crippen LogP) is 2.73. The highest BCUT2D eigenvalue weighted by Crippen LogP contribution is 2.22. The molecule has 2 aliphatic rings. The van der Waals surface area contributed by atoms with E-state index in [4.69, 9.17) is 13.9 Å². The van der Waals surface area contributed by atoms with E-state index in [9.17, 15) is 14.7 Å². The first-order chi connectivity index (χ1) is 12.6. The molecule has 3 heterocycles. The van der Waals surface area contributed by atoms with Gasteiger partial charge in [-0.1, -0.05) is 6.92 Å². The number of furan rings is 1. The third kappa shape index (κ3) is 4.45. The van der Waals surface area contributed by atoms with Crippen LogP contribution >= 0.6 is 0 Å². The van der Waals surface area contributed by atoms with E-state index in [0.29, 0.717) is 31.9 Å². The highest BCUT2D eigenvalue weighted by molar-refractivity contribution is 5.96. The Morgan fingerprint density at radius 3 is 2.62 bits per heavy atom. The van der Waals surface area contributed by atoms with Crippen LogP contribution in [0.2, 0.25) is 0 Å². The van der Waals surface area contributed by atoms with Crippen LogP contribution in [-0.2, 0) is 15.9 Å². The molecule has 0 spiro atoms. The zero-order valence-corrected chi connectivity index (χ0v) is 15.2. The molecule has 0 radical (unpaired) electrons. The highest BCUT2D eigenvalue weighted by Gasteiger charge is 2.28. The number of hydrogen-bond acceptors (Lipinski definition) is 5. The minimum absolute atomic E-state index is 0.0709. The zero-order valence-electron chi connectivity index (χ0n) is 15.2. The normalized spacial score (nSPS) is 21.7. The average Bonchev–Trinajstić information content (AvgIpc) is 3.12. The molecule has 0 aliphatic carbocycles. The molecule has 1 aromatic rings. The van der Waals surface area contributed by atoms with Crippen LogP contribution in [0.5, 0.6) is 0 Å². The fourth-order valence-electron chi connectivity index (χ4n) is 3.54. The number of hydrogen-bond donors (Lipinski definition) is 1. The molecular weight excluding hydrogens is 338 g/mol. The minimum atomic E-state index is -1.07. The predicted molar refractivity (Wildman–Crippen MR) is 93.5 cm³/mol. The molecule has 7 nitrogen and oxygen atoms in total. The van der Waals surface area contributed by atoms with Crippen LogP contribution in [0.25, 0.3) is 0 Å². The molecule has 1 amide bonds. The summed E-state index contributed by atoms with van der Waals surface area (Å²) in [7, 11) is 0. The molecule has 2 saturated heterocycles. The molecule has 1 unspecified atom stereocenters. The number of carbonyl (C=O) groups is 2. The van der Waals surface area contributed by atoms with Gasteiger partial charge in [0.25, 0.3) is 5.91 Å². The highest BCUT2D eigenvalue weighted by atomic mass is 16.5. The third-order valence-electron chi connectivity index (χ3n) is 5.09. The van der Waals surface area contributed by atoms with Gasteiger partial charge in [-0.05, 0) is 32.1 Å². The Morgan fingerprint density at radius 2 is 2.04 bits per heavy atom. The van der Waals surface area contributed by atoms with Crippen LogP contribution in [0, 0.1) is 0 Å². The van der Waals surface area contributed by atoms with Crippen molar-refractivity contribution in [1.29, 1.82) is 0 Å². The van der Waals surface area contributed by atoms with Gasteiger partial charge in [0, 0.05) is 32.2 Å². The minimum Gasteiger partial charge on any atom is -0.478 e. The van der Waals surface area contributed by atoms with Crippen LogP contribution in [-0.4, -0.2) is 60.4 Å². The van der Waals surface area contributed by atoms with Crippen molar-refractivity contribution >= 4 is 11.9 Å². The fourth-order valence-corrected chi connectivity index (χ4v) is 3.54. The molecule has 2 fully saturated rings.